The van der Waals surface area contributed by atoms with Crippen LogP contribution in [-0.4, -0.2) is 13.1 Å². The molecule has 0 aliphatic rings. The molecule has 75 valence electrons. The molecule has 0 fully saturated rings. The Morgan fingerprint density at radius 2 is 1.93 bits per heavy atom. The van der Waals surface area contributed by atoms with Crippen molar-refractivity contribution in [2.45, 2.75) is 0 Å². The lowest BCUT2D eigenvalue weighted by Crippen LogP contribution is -2.00. The molecule has 0 heterocycles. The molecule has 0 aliphatic heterocycles. The van der Waals surface area contributed by atoms with Gasteiger partial charge in [0.05, 0.1) is 12.7 Å². The Balaban J connectivity index is 2.67. The number of esters is 1. The number of methoxy groups -OCH3 is 1. The molecule has 0 saturated carbocycles. The van der Waals surface area contributed by atoms with E-state index in [0.29, 0.717) is 10.9 Å². The summed E-state index contributed by atoms with van der Waals surface area (Å²) in [6, 6.07) is 10.1. The van der Waals surface area contributed by atoms with Gasteiger partial charge in [0, 0.05) is 11.5 Å². The first kappa shape index (κ1) is 9.52. The van der Waals surface area contributed by atoms with E-state index in [1.54, 1.807) is 24.3 Å². The molecule has 1 radical (unpaired) electrons. The lowest BCUT2D eigenvalue weighted by molar-refractivity contribution is 0.0600. The van der Waals surface area contributed by atoms with E-state index in [9.17, 15) is 9.90 Å². The zero-order valence-corrected chi connectivity index (χ0v) is 8.19. The molecule has 3 nitrogen and oxygen atoms in total. The van der Waals surface area contributed by atoms with Crippen LogP contribution in [0.4, 0.5) is 0 Å². The van der Waals surface area contributed by atoms with E-state index < -0.39 is 5.97 Å². The molecule has 0 bridgehead atoms. The van der Waals surface area contributed by atoms with Gasteiger partial charge in [0.25, 0.3) is 0 Å². The highest BCUT2D eigenvalue weighted by molar-refractivity contribution is 5.98. The number of carbonyl (C=O) groups is 1. The second kappa shape index (κ2) is 3.61. The quantitative estimate of drug-likeness (QED) is 0.666. The van der Waals surface area contributed by atoms with Gasteiger partial charge in [0.15, 0.2) is 5.75 Å². The van der Waals surface area contributed by atoms with E-state index in [1.807, 2.05) is 6.07 Å². The molecule has 2 aromatic rings. The van der Waals surface area contributed by atoms with E-state index in [-0.39, 0.29) is 5.75 Å². The molecule has 0 saturated heterocycles. The van der Waals surface area contributed by atoms with Gasteiger partial charge in [0.1, 0.15) is 0 Å². The molecule has 0 N–H and O–H groups in total. The van der Waals surface area contributed by atoms with E-state index in [2.05, 4.69) is 4.74 Å². The van der Waals surface area contributed by atoms with Crippen LogP contribution in [0, 0.1) is 0 Å². The van der Waals surface area contributed by atoms with Crippen molar-refractivity contribution in [3.63, 3.8) is 0 Å². The fourth-order valence-corrected chi connectivity index (χ4v) is 1.51. The largest absolute Gasteiger partial charge is 0.465 e. The minimum atomic E-state index is -0.488. The summed E-state index contributed by atoms with van der Waals surface area (Å²) in [4.78, 5) is 11.2. The Bertz CT molecular complexity index is 517. The Hall–Kier alpha value is -2.03. The van der Waals surface area contributed by atoms with Crippen LogP contribution in [0.1, 0.15) is 10.4 Å². The molecule has 0 spiro atoms. The summed E-state index contributed by atoms with van der Waals surface area (Å²) in [5, 5.41) is 13.0. The van der Waals surface area contributed by atoms with Crippen LogP contribution in [0.5, 0.6) is 5.75 Å². The standard InChI is InChI=1S/C12H9O3/c1-15-12(14)9-6-8-4-2-3-5-10(8)11(13)7-9/h2-7H,1H3. The Morgan fingerprint density at radius 3 is 2.67 bits per heavy atom. The highest BCUT2D eigenvalue weighted by atomic mass is 16.5. The first-order chi connectivity index (χ1) is 7.22. The second-order valence-corrected chi connectivity index (χ2v) is 3.19. The number of ether oxygens (including phenoxy) is 1. The van der Waals surface area contributed by atoms with Gasteiger partial charge in [-0.05, 0) is 11.5 Å². The molecule has 2 rings (SSSR count). The number of hydrogen-bond donors (Lipinski definition) is 0. The van der Waals surface area contributed by atoms with Crippen LogP contribution >= 0.6 is 0 Å². The third kappa shape index (κ3) is 1.64. The second-order valence-electron chi connectivity index (χ2n) is 3.19. The maximum absolute atomic E-state index is 11.6. The summed E-state index contributed by atoms with van der Waals surface area (Å²) in [6.45, 7) is 0. The maximum atomic E-state index is 11.6. The number of rotatable bonds is 1. The Kier molecular flexibility index (Phi) is 2.29. The summed E-state index contributed by atoms with van der Waals surface area (Å²) in [5.41, 5.74) is 0.293. The normalized spacial score (nSPS) is 10.2. The number of benzene rings is 2. The summed E-state index contributed by atoms with van der Waals surface area (Å²) in [6.07, 6.45) is 0. The van der Waals surface area contributed by atoms with Crippen molar-refractivity contribution in [3.8, 4) is 5.75 Å². The van der Waals surface area contributed by atoms with Gasteiger partial charge in [-0.15, -0.1) is 0 Å². The molecule has 0 atom stereocenters. The van der Waals surface area contributed by atoms with Crippen molar-refractivity contribution in [1.29, 1.82) is 0 Å². The number of carbonyl (C=O) groups excluding carboxylic acids is 1. The molecule has 3 heteroatoms. The monoisotopic (exact) mass is 201 g/mol. The van der Waals surface area contributed by atoms with Crippen molar-refractivity contribution >= 4 is 16.7 Å². The van der Waals surface area contributed by atoms with Gasteiger partial charge in [-0.2, -0.15) is 0 Å². The van der Waals surface area contributed by atoms with E-state index in [0.717, 1.165) is 5.39 Å². The lowest BCUT2D eigenvalue weighted by atomic mass is 10.1. The van der Waals surface area contributed by atoms with Crippen LogP contribution in [-0.2, 0) is 9.84 Å². The van der Waals surface area contributed by atoms with Crippen molar-refractivity contribution in [1.82, 2.24) is 0 Å². The third-order valence-electron chi connectivity index (χ3n) is 2.24. The Morgan fingerprint density at radius 1 is 1.20 bits per heavy atom. The van der Waals surface area contributed by atoms with Crippen LogP contribution in [0.15, 0.2) is 36.4 Å². The van der Waals surface area contributed by atoms with Gasteiger partial charge in [-0.3, -0.25) is 5.11 Å². The van der Waals surface area contributed by atoms with Gasteiger partial charge >= 0.3 is 5.97 Å². The predicted molar refractivity (Wildman–Crippen MR) is 55.4 cm³/mol. The van der Waals surface area contributed by atoms with Gasteiger partial charge in [-0.1, -0.05) is 24.3 Å². The predicted octanol–water partition coefficient (Wildman–Crippen LogP) is 2.77. The SMILES string of the molecule is COC(=O)c1cc([O])c2ccccc2c1. The number of fused-ring (bicyclic) bond motifs is 1. The zero-order valence-electron chi connectivity index (χ0n) is 8.19. The summed E-state index contributed by atoms with van der Waals surface area (Å²) < 4.78 is 4.56. The van der Waals surface area contributed by atoms with E-state index >= 15 is 0 Å². The van der Waals surface area contributed by atoms with Crippen molar-refractivity contribution in [2.24, 2.45) is 0 Å². The lowest BCUT2D eigenvalue weighted by Gasteiger charge is -2.02. The topological polar surface area (TPSA) is 46.2 Å². The first-order valence-electron chi connectivity index (χ1n) is 4.50. The fourth-order valence-electron chi connectivity index (χ4n) is 1.51. The Labute approximate surface area is 86.9 Å². The van der Waals surface area contributed by atoms with Crippen molar-refractivity contribution in [2.75, 3.05) is 7.11 Å². The molecule has 15 heavy (non-hydrogen) atoms. The smallest absolute Gasteiger partial charge is 0.338 e. The van der Waals surface area contributed by atoms with Crippen LogP contribution in [0.25, 0.3) is 10.8 Å². The molecule has 0 aliphatic carbocycles. The number of hydrogen-bond acceptors (Lipinski definition) is 2. The molecule has 0 aromatic heterocycles. The first-order valence-corrected chi connectivity index (χ1v) is 4.50. The molecule has 2 aromatic carbocycles. The molecule has 0 unspecified atom stereocenters. The summed E-state index contributed by atoms with van der Waals surface area (Å²) >= 11 is 0. The van der Waals surface area contributed by atoms with Crippen molar-refractivity contribution in [3.05, 3.63) is 42.0 Å². The third-order valence-corrected chi connectivity index (χ3v) is 2.24. The fraction of sp³-hybridized carbons (Fsp3) is 0.0833. The van der Waals surface area contributed by atoms with Crippen molar-refractivity contribution < 1.29 is 14.6 Å². The van der Waals surface area contributed by atoms with Crippen LogP contribution in [0.3, 0.4) is 0 Å². The van der Waals surface area contributed by atoms with Gasteiger partial charge in [-0.25, -0.2) is 4.79 Å². The van der Waals surface area contributed by atoms with Crippen LogP contribution in [0.2, 0.25) is 0 Å². The van der Waals surface area contributed by atoms with Crippen LogP contribution < -0.4 is 0 Å². The molecular weight excluding hydrogens is 192 g/mol. The van der Waals surface area contributed by atoms with E-state index in [4.69, 9.17) is 0 Å². The minimum absolute atomic E-state index is 0.159. The minimum Gasteiger partial charge on any atom is -0.465 e. The maximum Gasteiger partial charge on any atom is 0.338 e. The average Bonchev–Trinajstić information content (AvgIpc) is 2.28. The van der Waals surface area contributed by atoms with Gasteiger partial charge in [0.2, 0.25) is 0 Å². The highest BCUT2D eigenvalue weighted by Gasteiger charge is 2.10. The average molecular weight is 201 g/mol. The highest BCUT2D eigenvalue weighted by Crippen LogP contribution is 2.26. The molecule has 0 amide bonds. The summed E-state index contributed by atoms with van der Waals surface area (Å²) in [7, 11) is 1.29. The zero-order chi connectivity index (χ0) is 10.8. The molecular formula is C12H9O3. The summed E-state index contributed by atoms with van der Waals surface area (Å²) in [5.74, 6) is -0.647. The van der Waals surface area contributed by atoms with E-state index in [1.165, 1.54) is 13.2 Å². The van der Waals surface area contributed by atoms with Gasteiger partial charge < -0.3 is 4.74 Å².